The van der Waals surface area contributed by atoms with Crippen LogP contribution in [-0.2, 0) is 6.54 Å². The summed E-state index contributed by atoms with van der Waals surface area (Å²) >= 11 is 1.36. The lowest BCUT2D eigenvalue weighted by Crippen LogP contribution is -2.16. The van der Waals surface area contributed by atoms with Crippen LogP contribution in [0.25, 0.3) is 0 Å². The summed E-state index contributed by atoms with van der Waals surface area (Å²) in [6, 6.07) is 1.92. The summed E-state index contributed by atoms with van der Waals surface area (Å²) in [6.07, 6.45) is 1.72. The summed E-state index contributed by atoms with van der Waals surface area (Å²) in [6.45, 7) is 0.717. The van der Waals surface area contributed by atoms with Crippen LogP contribution in [0.5, 0.6) is 0 Å². The third-order valence-corrected chi connectivity index (χ3v) is 2.59. The number of nitrogen functional groups attached to an aromatic ring is 1. The number of rotatable bonds is 3. The number of nitrogens with one attached hydrogen (secondary N) is 1. The summed E-state index contributed by atoms with van der Waals surface area (Å²) in [5.74, 6) is 0. The first kappa shape index (κ1) is 8.95. The van der Waals surface area contributed by atoms with Crippen LogP contribution in [0.3, 0.4) is 0 Å². The molecule has 0 spiro atoms. The Kier molecular flexibility index (Phi) is 2.32. The van der Waals surface area contributed by atoms with Crippen molar-refractivity contribution < 1.29 is 0 Å². The molecule has 2 aromatic heterocycles. The van der Waals surface area contributed by atoms with Crippen molar-refractivity contribution >= 4 is 21.6 Å². The monoisotopic (exact) mass is 210 g/mol. The lowest BCUT2D eigenvalue weighted by Gasteiger charge is -2.12. The van der Waals surface area contributed by atoms with Crippen molar-refractivity contribution in [3.8, 4) is 0 Å². The second-order valence-electron chi connectivity index (χ2n) is 2.86. The van der Waals surface area contributed by atoms with Gasteiger partial charge in [0.2, 0.25) is 10.3 Å². The van der Waals surface area contributed by atoms with Gasteiger partial charge in [-0.05, 0) is 6.07 Å². The molecule has 0 saturated carbocycles. The normalized spacial score (nSPS) is 10.4. The standard InChI is InChI=1S/C7H10N6S/c1-13(4-5-2-3-9-10-5)7-12-11-6(8)14-7/h2-3H,4H2,1H3,(H2,8,11)(H,9,10). The molecule has 0 atom stereocenters. The predicted molar refractivity (Wildman–Crippen MR) is 55.0 cm³/mol. The minimum absolute atomic E-state index is 0.483. The van der Waals surface area contributed by atoms with Crippen molar-refractivity contribution in [2.45, 2.75) is 6.54 Å². The van der Waals surface area contributed by atoms with Crippen molar-refractivity contribution in [1.82, 2.24) is 20.4 Å². The van der Waals surface area contributed by atoms with E-state index in [9.17, 15) is 0 Å². The number of H-pyrrole nitrogens is 1. The third-order valence-electron chi connectivity index (χ3n) is 1.72. The zero-order valence-electron chi connectivity index (χ0n) is 7.64. The molecule has 0 aliphatic carbocycles. The molecule has 7 heteroatoms. The largest absolute Gasteiger partial charge is 0.374 e. The van der Waals surface area contributed by atoms with Crippen LogP contribution in [0.4, 0.5) is 10.3 Å². The van der Waals surface area contributed by atoms with Crippen LogP contribution in [0, 0.1) is 0 Å². The molecule has 0 bridgehead atoms. The van der Waals surface area contributed by atoms with E-state index < -0.39 is 0 Å². The molecular formula is C7H10N6S. The minimum Gasteiger partial charge on any atom is -0.374 e. The van der Waals surface area contributed by atoms with Gasteiger partial charge in [0, 0.05) is 13.2 Å². The number of aromatic nitrogens is 4. The fourth-order valence-electron chi connectivity index (χ4n) is 1.08. The van der Waals surface area contributed by atoms with Gasteiger partial charge in [-0.25, -0.2) is 0 Å². The van der Waals surface area contributed by atoms with Crippen molar-refractivity contribution in [2.24, 2.45) is 0 Å². The van der Waals surface area contributed by atoms with E-state index in [0.717, 1.165) is 10.8 Å². The lowest BCUT2D eigenvalue weighted by molar-refractivity contribution is 0.853. The van der Waals surface area contributed by atoms with Gasteiger partial charge in [0.1, 0.15) is 0 Å². The maximum absolute atomic E-state index is 5.49. The average molecular weight is 210 g/mol. The Bertz CT molecular complexity index is 394. The van der Waals surface area contributed by atoms with Gasteiger partial charge in [-0.3, -0.25) is 5.10 Å². The average Bonchev–Trinajstić information content (AvgIpc) is 2.75. The molecule has 0 radical (unpaired) electrons. The second-order valence-corrected chi connectivity index (χ2v) is 3.85. The Labute approximate surface area is 84.8 Å². The fourth-order valence-corrected chi connectivity index (χ4v) is 1.65. The Morgan fingerprint density at radius 2 is 2.43 bits per heavy atom. The fraction of sp³-hybridized carbons (Fsp3) is 0.286. The van der Waals surface area contributed by atoms with E-state index >= 15 is 0 Å². The van der Waals surface area contributed by atoms with Crippen LogP contribution in [0.1, 0.15) is 5.69 Å². The smallest absolute Gasteiger partial charge is 0.210 e. The van der Waals surface area contributed by atoms with Gasteiger partial charge in [0.05, 0.1) is 12.2 Å². The molecule has 0 aliphatic heterocycles. The molecule has 6 nitrogen and oxygen atoms in total. The van der Waals surface area contributed by atoms with E-state index in [-0.39, 0.29) is 0 Å². The van der Waals surface area contributed by atoms with Crippen molar-refractivity contribution in [2.75, 3.05) is 17.7 Å². The van der Waals surface area contributed by atoms with E-state index in [1.54, 1.807) is 6.20 Å². The van der Waals surface area contributed by atoms with Crippen molar-refractivity contribution in [3.63, 3.8) is 0 Å². The highest BCUT2D eigenvalue weighted by Gasteiger charge is 2.07. The van der Waals surface area contributed by atoms with E-state index in [1.165, 1.54) is 11.3 Å². The van der Waals surface area contributed by atoms with Crippen molar-refractivity contribution in [1.29, 1.82) is 0 Å². The van der Waals surface area contributed by atoms with Crippen LogP contribution in [0.15, 0.2) is 12.3 Å². The number of hydrogen-bond acceptors (Lipinski definition) is 6. The lowest BCUT2D eigenvalue weighted by atomic mass is 10.4. The Balaban J connectivity index is 2.06. The number of nitrogens with two attached hydrogens (primary N) is 1. The zero-order chi connectivity index (χ0) is 9.97. The molecule has 2 rings (SSSR count). The summed E-state index contributed by atoms with van der Waals surface area (Å²) < 4.78 is 0. The number of aromatic amines is 1. The second kappa shape index (κ2) is 3.62. The highest BCUT2D eigenvalue weighted by Crippen LogP contribution is 2.21. The Morgan fingerprint density at radius 3 is 3.00 bits per heavy atom. The van der Waals surface area contributed by atoms with Gasteiger partial charge in [0.25, 0.3) is 0 Å². The number of nitrogens with zero attached hydrogens (tertiary/aromatic N) is 4. The highest BCUT2D eigenvalue weighted by atomic mass is 32.1. The van der Waals surface area contributed by atoms with E-state index in [0.29, 0.717) is 11.7 Å². The first-order chi connectivity index (χ1) is 6.75. The predicted octanol–water partition coefficient (Wildman–Crippen LogP) is 0.480. The summed E-state index contributed by atoms with van der Waals surface area (Å²) in [7, 11) is 1.93. The van der Waals surface area contributed by atoms with Gasteiger partial charge in [-0.2, -0.15) is 5.10 Å². The minimum atomic E-state index is 0.483. The summed E-state index contributed by atoms with van der Waals surface area (Å²) in [5.41, 5.74) is 6.52. The van der Waals surface area contributed by atoms with E-state index in [2.05, 4.69) is 20.4 Å². The highest BCUT2D eigenvalue weighted by molar-refractivity contribution is 7.18. The Hall–Kier alpha value is -1.63. The molecule has 0 aliphatic rings. The molecule has 2 heterocycles. The van der Waals surface area contributed by atoms with Gasteiger partial charge in [0.15, 0.2) is 0 Å². The van der Waals surface area contributed by atoms with Crippen LogP contribution in [0.2, 0.25) is 0 Å². The van der Waals surface area contributed by atoms with Crippen LogP contribution >= 0.6 is 11.3 Å². The molecule has 0 saturated heterocycles. The topological polar surface area (TPSA) is 83.7 Å². The molecule has 14 heavy (non-hydrogen) atoms. The van der Waals surface area contributed by atoms with Gasteiger partial charge in [-0.15, -0.1) is 10.2 Å². The summed E-state index contributed by atoms with van der Waals surface area (Å²) in [4.78, 5) is 1.96. The zero-order valence-corrected chi connectivity index (χ0v) is 8.45. The Morgan fingerprint density at radius 1 is 1.57 bits per heavy atom. The number of anilines is 2. The molecule has 3 N–H and O–H groups in total. The third kappa shape index (κ3) is 1.82. The first-order valence-corrected chi connectivity index (χ1v) is 4.86. The molecule has 74 valence electrons. The molecule has 0 aromatic carbocycles. The molecular weight excluding hydrogens is 200 g/mol. The van der Waals surface area contributed by atoms with Crippen molar-refractivity contribution in [3.05, 3.63) is 18.0 Å². The molecule has 2 aromatic rings. The SMILES string of the molecule is CN(Cc1ccn[nH]1)c1nnc(N)s1. The van der Waals surface area contributed by atoms with Gasteiger partial charge in [-0.1, -0.05) is 11.3 Å². The maximum Gasteiger partial charge on any atom is 0.210 e. The van der Waals surface area contributed by atoms with E-state index in [4.69, 9.17) is 5.73 Å². The maximum atomic E-state index is 5.49. The van der Waals surface area contributed by atoms with Crippen LogP contribution in [-0.4, -0.2) is 27.4 Å². The quantitative estimate of drug-likeness (QED) is 0.769. The number of hydrogen-bond donors (Lipinski definition) is 2. The molecule has 0 amide bonds. The van der Waals surface area contributed by atoms with Gasteiger partial charge >= 0.3 is 0 Å². The van der Waals surface area contributed by atoms with E-state index in [1.807, 2.05) is 18.0 Å². The summed E-state index contributed by atoms with van der Waals surface area (Å²) in [5, 5.41) is 15.7. The molecule has 0 fully saturated rings. The molecule has 0 unspecified atom stereocenters. The van der Waals surface area contributed by atoms with Crippen LogP contribution < -0.4 is 10.6 Å². The van der Waals surface area contributed by atoms with Gasteiger partial charge < -0.3 is 10.6 Å². The first-order valence-electron chi connectivity index (χ1n) is 4.04.